The van der Waals surface area contributed by atoms with Gasteiger partial charge in [0.15, 0.2) is 23.3 Å². The molecule has 2 aromatic carbocycles. The monoisotopic (exact) mass is 266 g/mol. The molecule has 0 bridgehead atoms. The van der Waals surface area contributed by atoms with Gasteiger partial charge in [0.1, 0.15) is 11.8 Å². The minimum absolute atomic E-state index is 0.0489. The Balaban J connectivity index is 2.53. The van der Waals surface area contributed by atoms with Gasteiger partial charge in [-0.2, -0.15) is 5.26 Å². The molecule has 0 radical (unpaired) electrons. The van der Waals surface area contributed by atoms with Gasteiger partial charge in [0.2, 0.25) is 0 Å². The van der Waals surface area contributed by atoms with Crippen molar-refractivity contribution >= 4 is 11.4 Å². The van der Waals surface area contributed by atoms with Crippen molar-refractivity contribution in [3.8, 4) is 6.07 Å². The van der Waals surface area contributed by atoms with Gasteiger partial charge in [-0.25, -0.2) is 17.6 Å². The van der Waals surface area contributed by atoms with Gasteiger partial charge in [-0.05, 0) is 12.1 Å². The number of hydrogen-bond donors (Lipinski definition) is 1. The van der Waals surface area contributed by atoms with Crippen molar-refractivity contribution in [2.45, 2.75) is 0 Å². The number of hydrogen-bond acceptors (Lipinski definition) is 2. The summed E-state index contributed by atoms with van der Waals surface area (Å²) < 4.78 is 52.9. The van der Waals surface area contributed by atoms with E-state index in [1.165, 1.54) is 18.2 Å². The van der Waals surface area contributed by atoms with Crippen LogP contribution in [0.1, 0.15) is 5.56 Å². The molecule has 0 aliphatic heterocycles. The van der Waals surface area contributed by atoms with E-state index in [4.69, 9.17) is 5.26 Å². The maximum absolute atomic E-state index is 13.4. The number of anilines is 2. The van der Waals surface area contributed by atoms with Crippen LogP contribution in [0.4, 0.5) is 28.9 Å². The highest BCUT2D eigenvalue weighted by molar-refractivity contribution is 5.67. The summed E-state index contributed by atoms with van der Waals surface area (Å²) in [6.45, 7) is 0. The lowest BCUT2D eigenvalue weighted by atomic mass is 10.2. The quantitative estimate of drug-likeness (QED) is 0.661. The Morgan fingerprint density at radius 2 is 1.53 bits per heavy atom. The largest absolute Gasteiger partial charge is 0.349 e. The van der Waals surface area contributed by atoms with Crippen LogP contribution >= 0.6 is 0 Å². The van der Waals surface area contributed by atoms with E-state index in [9.17, 15) is 17.6 Å². The molecule has 0 saturated carbocycles. The Hall–Kier alpha value is -2.55. The zero-order valence-corrected chi connectivity index (χ0v) is 9.35. The lowest BCUT2D eigenvalue weighted by Crippen LogP contribution is -2.03. The summed E-state index contributed by atoms with van der Waals surface area (Å²) >= 11 is 0. The molecule has 19 heavy (non-hydrogen) atoms. The Morgan fingerprint density at radius 3 is 2.11 bits per heavy atom. The van der Waals surface area contributed by atoms with Crippen molar-refractivity contribution in [1.82, 2.24) is 0 Å². The number of nitrogens with one attached hydrogen (secondary N) is 1. The molecule has 6 heteroatoms. The summed E-state index contributed by atoms with van der Waals surface area (Å²) in [4.78, 5) is 0. The number of nitriles is 1. The molecule has 96 valence electrons. The van der Waals surface area contributed by atoms with E-state index >= 15 is 0 Å². The SMILES string of the molecule is N#Cc1ccccc1Nc1c(F)c(F)cc(F)c1F. The summed E-state index contributed by atoms with van der Waals surface area (Å²) in [7, 11) is 0. The molecule has 2 rings (SSSR count). The van der Waals surface area contributed by atoms with E-state index < -0.39 is 29.0 Å². The van der Waals surface area contributed by atoms with Crippen LogP contribution in [-0.4, -0.2) is 0 Å². The number of nitrogens with zero attached hydrogens (tertiary/aromatic N) is 1. The molecular weight excluding hydrogens is 260 g/mol. The van der Waals surface area contributed by atoms with Crippen LogP contribution in [0.5, 0.6) is 0 Å². The predicted octanol–water partition coefficient (Wildman–Crippen LogP) is 3.86. The standard InChI is InChI=1S/C13H6F4N2/c14-8-5-9(15)12(17)13(11(8)16)19-10-4-2-1-3-7(10)6-18/h1-5,19H. The zero-order chi connectivity index (χ0) is 14.0. The second kappa shape index (κ2) is 4.98. The molecule has 0 aliphatic rings. The van der Waals surface area contributed by atoms with E-state index in [1.54, 1.807) is 12.1 Å². The van der Waals surface area contributed by atoms with Crippen LogP contribution in [0.2, 0.25) is 0 Å². The minimum atomic E-state index is -1.55. The smallest absolute Gasteiger partial charge is 0.185 e. The minimum Gasteiger partial charge on any atom is -0.349 e. The summed E-state index contributed by atoms with van der Waals surface area (Å²) in [5.74, 6) is -6.13. The highest BCUT2D eigenvalue weighted by Gasteiger charge is 2.19. The molecule has 0 aromatic heterocycles. The van der Waals surface area contributed by atoms with E-state index in [-0.39, 0.29) is 17.3 Å². The van der Waals surface area contributed by atoms with Crippen molar-refractivity contribution in [3.05, 3.63) is 59.2 Å². The molecule has 0 unspecified atom stereocenters. The van der Waals surface area contributed by atoms with E-state index in [1.807, 2.05) is 0 Å². The average Bonchev–Trinajstić information content (AvgIpc) is 2.42. The number of halogens is 4. The van der Waals surface area contributed by atoms with Gasteiger partial charge in [0, 0.05) is 6.07 Å². The third kappa shape index (κ3) is 2.36. The highest BCUT2D eigenvalue weighted by atomic mass is 19.2. The van der Waals surface area contributed by atoms with Crippen molar-refractivity contribution in [2.75, 3.05) is 5.32 Å². The van der Waals surface area contributed by atoms with Crippen LogP contribution in [0.15, 0.2) is 30.3 Å². The number of para-hydroxylation sites is 1. The molecule has 2 aromatic rings. The normalized spacial score (nSPS) is 10.1. The van der Waals surface area contributed by atoms with Gasteiger partial charge in [0.05, 0.1) is 11.3 Å². The Kier molecular flexibility index (Phi) is 3.38. The fourth-order valence-electron chi connectivity index (χ4n) is 1.51. The molecule has 0 fully saturated rings. The first kappa shape index (κ1) is 12.9. The summed E-state index contributed by atoms with van der Waals surface area (Å²) in [6.07, 6.45) is 0. The molecule has 0 heterocycles. The lowest BCUT2D eigenvalue weighted by molar-refractivity contribution is 0.459. The first-order valence-electron chi connectivity index (χ1n) is 5.13. The highest BCUT2D eigenvalue weighted by Crippen LogP contribution is 2.28. The van der Waals surface area contributed by atoms with Crippen molar-refractivity contribution in [3.63, 3.8) is 0 Å². The predicted molar refractivity (Wildman–Crippen MR) is 60.7 cm³/mol. The Morgan fingerprint density at radius 1 is 0.947 bits per heavy atom. The molecule has 0 atom stereocenters. The van der Waals surface area contributed by atoms with Gasteiger partial charge in [0.25, 0.3) is 0 Å². The maximum atomic E-state index is 13.4. The molecule has 0 amide bonds. The van der Waals surface area contributed by atoms with Gasteiger partial charge in [-0.15, -0.1) is 0 Å². The van der Waals surface area contributed by atoms with E-state index in [2.05, 4.69) is 5.32 Å². The maximum Gasteiger partial charge on any atom is 0.185 e. The number of rotatable bonds is 2. The molecule has 2 nitrogen and oxygen atoms in total. The molecule has 0 saturated heterocycles. The zero-order valence-electron chi connectivity index (χ0n) is 9.35. The summed E-state index contributed by atoms with van der Waals surface area (Å²) in [5, 5.41) is 11.0. The van der Waals surface area contributed by atoms with Gasteiger partial charge in [-0.3, -0.25) is 0 Å². The topological polar surface area (TPSA) is 35.8 Å². The third-order valence-corrected chi connectivity index (χ3v) is 2.42. The molecule has 0 aliphatic carbocycles. The average molecular weight is 266 g/mol. The summed E-state index contributed by atoms with van der Waals surface area (Å²) in [5.41, 5.74) is -0.834. The second-order valence-corrected chi connectivity index (χ2v) is 3.63. The Labute approximate surface area is 105 Å². The first-order chi connectivity index (χ1) is 9.04. The molecule has 1 N–H and O–H groups in total. The fraction of sp³-hybridized carbons (Fsp3) is 0. The van der Waals surface area contributed by atoms with E-state index in [0.717, 1.165) is 0 Å². The number of benzene rings is 2. The molecular formula is C13H6F4N2. The second-order valence-electron chi connectivity index (χ2n) is 3.63. The third-order valence-electron chi connectivity index (χ3n) is 2.42. The van der Waals surface area contributed by atoms with Crippen LogP contribution in [0.3, 0.4) is 0 Å². The first-order valence-corrected chi connectivity index (χ1v) is 5.13. The summed E-state index contributed by atoms with van der Waals surface area (Å²) in [6, 6.07) is 7.72. The Bertz CT molecular complexity index is 651. The van der Waals surface area contributed by atoms with Crippen LogP contribution in [0, 0.1) is 34.6 Å². The van der Waals surface area contributed by atoms with Gasteiger partial charge < -0.3 is 5.32 Å². The van der Waals surface area contributed by atoms with Crippen LogP contribution in [-0.2, 0) is 0 Å². The fourth-order valence-corrected chi connectivity index (χ4v) is 1.51. The van der Waals surface area contributed by atoms with Gasteiger partial charge in [-0.1, -0.05) is 12.1 Å². The molecule has 0 spiro atoms. The van der Waals surface area contributed by atoms with Crippen LogP contribution < -0.4 is 5.32 Å². The van der Waals surface area contributed by atoms with Crippen molar-refractivity contribution in [2.24, 2.45) is 0 Å². The lowest BCUT2D eigenvalue weighted by Gasteiger charge is -2.11. The van der Waals surface area contributed by atoms with Crippen LogP contribution in [0.25, 0.3) is 0 Å². The van der Waals surface area contributed by atoms with Gasteiger partial charge >= 0.3 is 0 Å². The van der Waals surface area contributed by atoms with Crippen molar-refractivity contribution < 1.29 is 17.6 Å². The van der Waals surface area contributed by atoms with E-state index in [0.29, 0.717) is 0 Å². The van der Waals surface area contributed by atoms with Crippen molar-refractivity contribution in [1.29, 1.82) is 5.26 Å².